The van der Waals surface area contributed by atoms with Gasteiger partial charge in [0.25, 0.3) is 0 Å². The maximum atomic E-state index is 13.4. The molecule has 3 aromatic carbocycles. The van der Waals surface area contributed by atoms with Crippen LogP contribution in [0.3, 0.4) is 0 Å². The van der Waals surface area contributed by atoms with E-state index in [1.165, 1.54) is 0 Å². The number of nitrogens with zero attached hydrogens (tertiary/aromatic N) is 2. The number of hydrogen-bond acceptors (Lipinski definition) is 4. The molecule has 0 aliphatic heterocycles. The molecule has 5 aromatic rings. The Morgan fingerprint density at radius 3 is 2.03 bits per heavy atom. The second-order valence-electron chi connectivity index (χ2n) is 6.98. The fourth-order valence-electron chi connectivity index (χ4n) is 3.61. The molecule has 0 bridgehead atoms. The van der Waals surface area contributed by atoms with Crippen molar-refractivity contribution in [3.63, 3.8) is 0 Å². The van der Waals surface area contributed by atoms with Gasteiger partial charge in [-0.3, -0.25) is 14.6 Å². The Bertz CT molecular complexity index is 1410. The lowest BCUT2D eigenvalue weighted by molar-refractivity contribution is 0.1000. The molecular formula is C26H16N2O2. The summed E-state index contributed by atoms with van der Waals surface area (Å²) in [5.74, 6) is -0.506. The third kappa shape index (κ3) is 3.05. The molecular weight excluding hydrogens is 372 g/mol. The van der Waals surface area contributed by atoms with Crippen LogP contribution in [0.15, 0.2) is 97.2 Å². The fourth-order valence-corrected chi connectivity index (χ4v) is 3.61. The molecule has 0 spiro atoms. The zero-order valence-corrected chi connectivity index (χ0v) is 15.9. The molecule has 4 heteroatoms. The summed E-state index contributed by atoms with van der Waals surface area (Å²) in [6, 6.07) is 27.2. The van der Waals surface area contributed by atoms with Gasteiger partial charge in [0.1, 0.15) is 5.69 Å². The molecule has 2 heterocycles. The van der Waals surface area contributed by atoms with Crippen LogP contribution in [0.4, 0.5) is 0 Å². The maximum absolute atomic E-state index is 13.4. The standard InChI is InChI=1S/C26H16N2O2/c29-25(17-8-3-1-4-9-17)21-16-19-13-14-22-20(12-7-15-27-22)23(19)28-24(21)26(30)18-10-5-2-6-11-18/h1-16H. The van der Waals surface area contributed by atoms with Crippen LogP contribution in [-0.2, 0) is 0 Å². The van der Waals surface area contributed by atoms with E-state index in [1.807, 2.05) is 36.4 Å². The van der Waals surface area contributed by atoms with Crippen molar-refractivity contribution >= 4 is 33.4 Å². The van der Waals surface area contributed by atoms with Crippen LogP contribution in [0, 0.1) is 0 Å². The molecule has 4 nitrogen and oxygen atoms in total. The Kier molecular flexibility index (Phi) is 4.37. The summed E-state index contributed by atoms with van der Waals surface area (Å²) in [6.45, 7) is 0. The SMILES string of the molecule is O=C(c1ccccc1)c1cc2ccc3ncccc3c2nc1C(=O)c1ccccc1. The lowest BCUT2D eigenvalue weighted by atomic mass is 9.95. The summed E-state index contributed by atoms with van der Waals surface area (Å²) in [5, 5.41) is 1.63. The van der Waals surface area contributed by atoms with E-state index in [1.54, 1.807) is 60.8 Å². The van der Waals surface area contributed by atoms with Gasteiger partial charge in [0.2, 0.25) is 5.78 Å². The van der Waals surface area contributed by atoms with Crippen LogP contribution in [0.5, 0.6) is 0 Å². The van der Waals surface area contributed by atoms with Crippen LogP contribution in [0.25, 0.3) is 21.8 Å². The first kappa shape index (κ1) is 17.9. The minimum atomic E-state index is -0.280. The van der Waals surface area contributed by atoms with Gasteiger partial charge in [-0.1, -0.05) is 66.7 Å². The number of carbonyl (C=O) groups is 2. The predicted octanol–water partition coefficient (Wildman–Crippen LogP) is 5.25. The Morgan fingerprint density at radius 2 is 1.33 bits per heavy atom. The fraction of sp³-hybridized carbons (Fsp3) is 0. The Labute approximate surface area is 172 Å². The molecule has 0 N–H and O–H groups in total. The van der Waals surface area contributed by atoms with Crippen LogP contribution in [-0.4, -0.2) is 21.5 Å². The Balaban J connectivity index is 1.80. The summed E-state index contributed by atoms with van der Waals surface area (Å²) in [5.41, 5.74) is 2.90. The highest BCUT2D eigenvalue weighted by molar-refractivity contribution is 6.21. The molecule has 0 aliphatic rings. The highest BCUT2D eigenvalue weighted by Gasteiger charge is 2.23. The van der Waals surface area contributed by atoms with E-state index in [9.17, 15) is 9.59 Å². The van der Waals surface area contributed by atoms with Gasteiger partial charge < -0.3 is 0 Å². The van der Waals surface area contributed by atoms with Crippen LogP contribution >= 0.6 is 0 Å². The van der Waals surface area contributed by atoms with Crippen LogP contribution < -0.4 is 0 Å². The molecule has 0 atom stereocenters. The number of fused-ring (bicyclic) bond motifs is 3. The summed E-state index contributed by atoms with van der Waals surface area (Å²) in [7, 11) is 0. The second-order valence-corrected chi connectivity index (χ2v) is 6.98. The summed E-state index contributed by atoms with van der Waals surface area (Å²) in [6.07, 6.45) is 1.72. The van der Waals surface area contributed by atoms with Gasteiger partial charge in [0, 0.05) is 28.1 Å². The number of rotatable bonds is 4. The van der Waals surface area contributed by atoms with E-state index >= 15 is 0 Å². The number of benzene rings is 3. The molecule has 0 fully saturated rings. The maximum Gasteiger partial charge on any atom is 0.212 e. The zero-order valence-electron chi connectivity index (χ0n) is 15.9. The first-order valence-corrected chi connectivity index (χ1v) is 9.60. The highest BCUT2D eigenvalue weighted by atomic mass is 16.1. The van der Waals surface area contributed by atoms with Gasteiger partial charge in [-0.05, 0) is 24.3 Å². The Morgan fingerprint density at radius 1 is 0.667 bits per heavy atom. The number of hydrogen-bond donors (Lipinski definition) is 0. The van der Waals surface area contributed by atoms with Crippen molar-refractivity contribution in [3.8, 4) is 0 Å². The molecule has 0 saturated heterocycles. The van der Waals surface area contributed by atoms with Crippen molar-refractivity contribution in [1.82, 2.24) is 9.97 Å². The van der Waals surface area contributed by atoms with E-state index in [-0.39, 0.29) is 17.3 Å². The van der Waals surface area contributed by atoms with Gasteiger partial charge in [-0.2, -0.15) is 0 Å². The highest BCUT2D eigenvalue weighted by Crippen LogP contribution is 2.27. The molecule has 0 radical (unpaired) electrons. The van der Waals surface area contributed by atoms with Gasteiger partial charge in [-0.15, -0.1) is 0 Å². The zero-order chi connectivity index (χ0) is 20.5. The second kappa shape index (κ2) is 7.33. The van der Waals surface area contributed by atoms with Gasteiger partial charge in [-0.25, -0.2) is 4.98 Å². The molecule has 2 aromatic heterocycles. The van der Waals surface area contributed by atoms with Crippen molar-refractivity contribution in [2.45, 2.75) is 0 Å². The average Bonchev–Trinajstić information content (AvgIpc) is 2.83. The monoisotopic (exact) mass is 388 g/mol. The van der Waals surface area contributed by atoms with E-state index in [4.69, 9.17) is 4.98 Å². The average molecular weight is 388 g/mol. The minimum absolute atomic E-state index is 0.152. The van der Waals surface area contributed by atoms with E-state index < -0.39 is 0 Å². The van der Waals surface area contributed by atoms with Crippen molar-refractivity contribution in [2.24, 2.45) is 0 Å². The van der Waals surface area contributed by atoms with E-state index in [2.05, 4.69) is 4.98 Å². The molecule has 30 heavy (non-hydrogen) atoms. The summed E-state index contributed by atoms with van der Waals surface area (Å²) >= 11 is 0. The van der Waals surface area contributed by atoms with E-state index in [0.717, 1.165) is 16.3 Å². The van der Waals surface area contributed by atoms with Crippen LogP contribution in [0.2, 0.25) is 0 Å². The predicted molar refractivity (Wildman–Crippen MR) is 117 cm³/mol. The first-order valence-electron chi connectivity index (χ1n) is 9.60. The number of ketones is 2. The van der Waals surface area contributed by atoms with Crippen molar-refractivity contribution in [3.05, 3.63) is 120 Å². The van der Waals surface area contributed by atoms with Crippen LogP contribution in [0.1, 0.15) is 32.0 Å². The number of pyridine rings is 2. The third-order valence-corrected chi connectivity index (χ3v) is 5.10. The molecule has 0 amide bonds. The smallest absolute Gasteiger partial charge is 0.212 e. The molecule has 5 rings (SSSR count). The third-order valence-electron chi connectivity index (χ3n) is 5.10. The lowest BCUT2D eigenvalue weighted by Gasteiger charge is -2.11. The Hall–Kier alpha value is -4.18. The summed E-state index contributed by atoms with van der Waals surface area (Å²) < 4.78 is 0. The molecule has 0 saturated carbocycles. The molecule has 142 valence electrons. The number of aromatic nitrogens is 2. The number of carbonyl (C=O) groups excluding carboxylic acids is 2. The topological polar surface area (TPSA) is 59.9 Å². The normalized spacial score (nSPS) is 10.9. The van der Waals surface area contributed by atoms with Crippen molar-refractivity contribution in [1.29, 1.82) is 0 Å². The molecule has 0 unspecified atom stereocenters. The molecule has 0 aliphatic carbocycles. The lowest BCUT2D eigenvalue weighted by Crippen LogP contribution is -2.13. The van der Waals surface area contributed by atoms with Crippen molar-refractivity contribution in [2.75, 3.05) is 0 Å². The quantitative estimate of drug-likeness (QED) is 0.312. The largest absolute Gasteiger partial charge is 0.289 e. The first-order chi connectivity index (χ1) is 14.7. The van der Waals surface area contributed by atoms with Gasteiger partial charge >= 0.3 is 0 Å². The van der Waals surface area contributed by atoms with Crippen molar-refractivity contribution < 1.29 is 9.59 Å². The minimum Gasteiger partial charge on any atom is -0.289 e. The van der Waals surface area contributed by atoms with E-state index in [0.29, 0.717) is 22.2 Å². The van der Waals surface area contributed by atoms with Gasteiger partial charge in [0.05, 0.1) is 16.6 Å². The van der Waals surface area contributed by atoms with Gasteiger partial charge in [0.15, 0.2) is 5.78 Å². The summed E-state index contributed by atoms with van der Waals surface area (Å²) in [4.78, 5) is 35.8.